The summed E-state index contributed by atoms with van der Waals surface area (Å²) in [5.41, 5.74) is -1.43. The van der Waals surface area contributed by atoms with Gasteiger partial charge in [-0.3, -0.25) is 5.32 Å². The Balaban J connectivity index is 1.87. The molecule has 0 aromatic rings. The molecule has 2 rings (SSSR count). The van der Waals surface area contributed by atoms with Crippen LogP contribution in [0.5, 0.6) is 0 Å². The minimum atomic E-state index is -0.797. The summed E-state index contributed by atoms with van der Waals surface area (Å²) in [7, 11) is 0. The van der Waals surface area contributed by atoms with Crippen LogP contribution in [0.2, 0.25) is 0 Å². The molecule has 1 aliphatic carbocycles. The number of hydrogen-bond donors (Lipinski definition) is 2. The summed E-state index contributed by atoms with van der Waals surface area (Å²) in [5.74, 6) is 0.280. The normalized spacial score (nSPS) is 21.8. The largest absolute Gasteiger partial charge is 0.508 e. The van der Waals surface area contributed by atoms with E-state index in [1.165, 1.54) is 0 Å². The molecule has 2 fully saturated rings. The van der Waals surface area contributed by atoms with E-state index in [4.69, 9.17) is 23.7 Å². The van der Waals surface area contributed by atoms with Gasteiger partial charge in [0.2, 0.25) is 0 Å². The maximum atomic E-state index is 12.3. The number of nitrogens with one attached hydrogen (secondary N) is 2. The van der Waals surface area contributed by atoms with Crippen LogP contribution in [0.25, 0.3) is 0 Å². The number of ether oxygens (including phenoxy) is 5. The number of cyclic esters (lactones) is 2. The third-order valence-corrected chi connectivity index (χ3v) is 4.94. The lowest BCUT2D eigenvalue weighted by molar-refractivity contribution is -0.00308. The zero-order valence-electron chi connectivity index (χ0n) is 21.3. The Bertz CT molecular complexity index is 796. The van der Waals surface area contributed by atoms with Crippen LogP contribution in [0.1, 0.15) is 73.6 Å². The maximum absolute atomic E-state index is 12.3. The van der Waals surface area contributed by atoms with Gasteiger partial charge < -0.3 is 29.0 Å². The van der Waals surface area contributed by atoms with E-state index >= 15 is 0 Å². The van der Waals surface area contributed by atoms with Gasteiger partial charge in [-0.15, -0.1) is 0 Å². The summed E-state index contributed by atoms with van der Waals surface area (Å²) in [4.78, 5) is 51.5. The molecular formula is C23H37N3O9. The lowest BCUT2D eigenvalue weighted by Crippen LogP contribution is -2.46. The quantitative estimate of drug-likeness (QED) is 0.252. The Morgan fingerprint density at radius 3 is 2.03 bits per heavy atom. The van der Waals surface area contributed by atoms with Gasteiger partial charge >= 0.3 is 24.4 Å². The molecule has 1 heterocycles. The van der Waals surface area contributed by atoms with Gasteiger partial charge in [0.15, 0.2) is 0 Å². The second-order valence-corrected chi connectivity index (χ2v) is 10.6. The Hall–Kier alpha value is -3.05. The van der Waals surface area contributed by atoms with Crippen molar-refractivity contribution in [1.82, 2.24) is 10.6 Å². The van der Waals surface area contributed by atoms with Crippen LogP contribution >= 0.6 is 0 Å². The molecule has 3 amide bonds. The number of amidine groups is 1. The topological polar surface area (TPSA) is 151 Å². The molecule has 0 unspecified atom stereocenters. The van der Waals surface area contributed by atoms with E-state index in [1.54, 1.807) is 41.5 Å². The number of carbonyl (C=O) groups excluding carboxylic acids is 4. The van der Waals surface area contributed by atoms with E-state index in [-0.39, 0.29) is 31.1 Å². The first-order valence-electron chi connectivity index (χ1n) is 11.8. The average molecular weight is 500 g/mol. The van der Waals surface area contributed by atoms with E-state index < -0.39 is 41.7 Å². The van der Waals surface area contributed by atoms with Gasteiger partial charge in [-0.2, -0.15) is 4.99 Å². The van der Waals surface area contributed by atoms with Gasteiger partial charge in [0.25, 0.3) is 0 Å². The van der Waals surface area contributed by atoms with Gasteiger partial charge in [-0.1, -0.05) is 0 Å². The first-order valence-corrected chi connectivity index (χ1v) is 11.8. The van der Waals surface area contributed by atoms with Crippen LogP contribution in [0.3, 0.4) is 0 Å². The first kappa shape index (κ1) is 28.2. The predicted octanol–water partition coefficient (Wildman–Crippen LogP) is 4.06. The zero-order valence-corrected chi connectivity index (χ0v) is 21.3. The van der Waals surface area contributed by atoms with Crippen LogP contribution in [0.4, 0.5) is 19.2 Å². The standard InChI is InChI=1S/C23H37N3O9/c1-22(2,3)34-19(28)25-17(26-20(29)35-23(4,5)6)11-14-7-9-16(10-8-14)33-18(27)24-15-12-31-21(30)32-13-15/h14-16H,7-13H2,1-6H3,(H,24,27)(H,25,26,28,29). The van der Waals surface area contributed by atoms with Gasteiger partial charge in [-0.25, -0.2) is 19.2 Å². The molecule has 1 saturated carbocycles. The molecule has 0 radical (unpaired) electrons. The van der Waals surface area contributed by atoms with E-state index in [9.17, 15) is 19.2 Å². The number of nitrogens with zero attached hydrogens (tertiary/aromatic N) is 1. The monoisotopic (exact) mass is 499 g/mol. The van der Waals surface area contributed by atoms with Crippen LogP contribution in [0.15, 0.2) is 4.99 Å². The highest BCUT2D eigenvalue weighted by Gasteiger charge is 2.29. The molecule has 12 heteroatoms. The number of rotatable bonds is 4. The molecule has 198 valence electrons. The van der Waals surface area contributed by atoms with Gasteiger partial charge in [0.1, 0.15) is 42.4 Å². The second-order valence-electron chi connectivity index (χ2n) is 10.6. The zero-order chi connectivity index (χ0) is 26.2. The highest BCUT2D eigenvalue weighted by molar-refractivity contribution is 6.00. The number of aliphatic imine (C=N–C) groups is 1. The van der Waals surface area contributed by atoms with Crippen molar-refractivity contribution in [3.05, 3.63) is 0 Å². The van der Waals surface area contributed by atoms with Crippen molar-refractivity contribution in [2.45, 2.75) is 97.0 Å². The fourth-order valence-electron chi connectivity index (χ4n) is 3.53. The predicted molar refractivity (Wildman–Crippen MR) is 124 cm³/mol. The molecule has 0 bridgehead atoms. The minimum absolute atomic E-state index is 0.0328. The SMILES string of the molecule is CC(C)(C)OC(=O)N=C(CC1CCC(OC(=O)NC2COC(=O)OC2)CC1)NC(=O)OC(C)(C)C. The van der Waals surface area contributed by atoms with Crippen molar-refractivity contribution >= 4 is 30.3 Å². The summed E-state index contributed by atoms with van der Waals surface area (Å²) in [5, 5.41) is 5.19. The molecule has 35 heavy (non-hydrogen) atoms. The summed E-state index contributed by atoms with van der Waals surface area (Å²) in [6, 6.07) is -0.456. The molecule has 0 aromatic carbocycles. The summed E-state index contributed by atoms with van der Waals surface area (Å²) >= 11 is 0. The molecule has 0 spiro atoms. The van der Waals surface area contributed by atoms with Crippen molar-refractivity contribution in [2.75, 3.05) is 13.2 Å². The van der Waals surface area contributed by atoms with E-state index in [0.717, 1.165) is 0 Å². The molecule has 1 aliphatic heterocycles. The van der Waals surface area contributed by atoms with E-state index in [1.807, 2.05) is 0 Å². The summed E-state index contributed by atoms with van der Waals surface area (Å²) in [6.07, 6.45) is -0.173. The number of amides is 3. The third kappa shape index (κ3) is 11.8. The van der Waals surface area contributed by atoms with Crippen molar-refractivity contribution in [3.63, 3.8) is 0 Å². The summed E-state index contributed by atoms with van der Waals surface area (Å²) in [6.45, 7) is 10.5. The molecule has 1 saturated heterocycles. The second kappa shape index (κ2) is 12.1. The molecular weight excluding hydrogens is 462 g/mol. The van der Waals surface area contributed by atoms with E-state index in [2.05, 4.69) is 15.6 Å². The van der Waals surface area contributed by atoms with Crippen molar-refractivity contribution in [2.24, 2.45) is 10.9 Å². The van der Waals surface area contributed by atoms with Crippen LogP contribution < -0.4 is 10.6 Å². The molecule has 12 nitrogen and oxygen atoms in total. The molecule has 0 atom stereocenters. The van der Waals surface area contributed by atoms with Gasteiger partial charge in [-0.05, 0) is 73.1 Å². The number of hydrogen-bond acceptors (Lipinski definition) is 9. The summed E-state index contributed by atoms with van der Waals surface area (Å²) < 4.78 is 25.5. The Morgan fingerprint density at radius 2 is 1.49 bits per heavy atom. The fraction of sp³-hybridized carbons (Fsp3) is 0.783. The Labute approximate surface area is 205 Å². The van der Waals surface area contributed by atoms with Gasteiger partial charge in [0, 0.05) is 6.42 Å². The Morgan fingerprint density at radius 1 is 0.914 bits per heavy atom. The van der Waals surface area contributed by atoms with Crippen LogP contribution in [-0.2, 0) is 23.7 Å². The van der Waals surface area contributed by atoms with Gasteiger partial charge in [0.05, 0.1) is 0 Å². The molecule has 0 aromatic heterocycles. The van der Waals surface area contributed by atoms with Crippen LogP contribution in [-0.4, -0.2) is 66.8 Å². The lowest BCUT2D eigenvalue weighted by Gasteiger charge is -2.29. The highest BCUT2D eigenvalue weighted by Crippen LogP contribution is 2.29. The molecule has 2 N–H and O–H groups in total. The Kier molecular flexibility index (Phi) is 9.73. The van der Waals surface area contributed by atoms with E-state index in [0.29, 0.717) is 32.1 Å². The van der Waals surface area contributed by atoms with Crippen LogP contribution in [0, 0.1) is 5.92 Å². The average Bonchev–Trinajstić information content (AvgIpc) is 2.68. The fourth-order valence-corrected chi connectivity index (χ4v) is 3.53. The minimum Gasteiger partial charge on any atom is -0.446 e. The lowest BCUT2D eigenvalue weighted by atomic mass is 9.85. The van der Waals surface area contributed by atoms with Crippen molar-refractivity contribution < 1.29 is 42.9 Å². The number of alkyl carbamates (subject to hydrolysis) is 2. The highest BCUT2D eigenvalue weighted by atomic mass is 16.7. The molecule has 2 aliphatic rings. The maximum Gasteiger partial charge on any atom is 0.508 e. The van der Waals surface area contributed by atoms with Crippen molar-refractivity contribution in [3.8, 4) is 0 Å². The van der Waals surface area contributed by atoms with Crippen molar-refractivity contribution in [1.29, 1.82) is 0 Å². The smallest absolute Gasteiger partial charge is 0.446 e. The number of carbonyl (C=O) groups is 4. The third-order valence-electron chi connectivity index (χ3n) is 4.94. The first-order chi connectivity index (χ1) is 16.2.